The zero-order valence-corrected chi connectivity index (χ0v) is 6.09. The molecule has 64 valence electrons. The summed E-state index contributed by atoms with van der Waals surface area (Å²) in [5, 5.41) is 4.72. The average molecular weight is 158 g/mol. The molecule has 0 spiro atoms. The van der Waals surface area contributed by atoms with Crippen molar-refractivity contribution < 1.29 is 12.4 Å². The van der Waals surface area contributed by atoms with Crippen molar-refractivity contribution in [3.8, 4) is 0 Å². The first-order valence-electron chi connectivity index (χ1n) is 3.01. The molecule has 2 amide bonds. The fraction of sp³-hybridized carbons (Fsp3) is 0.143. The third-order valence-corrected chi connectivity index (χ3v) is 0.896. The van der Waals surface area contributed by atoms with Crippen molar-refractivity contribution in [2.75, 3.05) is 6.67 Å². The van der Waals surface area contributed by atoms with Gasteiger partial charge in [0.15, 0.2) is 0 Å². The van der Waals surface area contributed by atoms with Gasteiger partial charge in [0.05, 0.1) is 6.67 Å². The quantitative estimate of drug-likeness (QED) is 0.448. The van der Waals surface area contributed by atoms with Gasteiger partial charge in [0.2, 0.25) is 11.8 Å². The summed E-state index contributed by atoms with van der Waals surface area (Å²) in [6, 6.07) is 0. The number of hydrogen-bond donors (Lipinski definition) is 2. The van der Waals surface area contributed by atoms with Gasteiger partial charge in [-0.05, 0) is 12.2 Å². The highest BCUT2D eigenvalue weighted by Gasteiger charge is 1.93. The van der Waals surface area contributed by atoms with Crippen LogP contribution in [0, 0.1) is 0 Å². The molecule has 0 atom stereocenters. The Kier molecular flexibility index (Phi) is 4.47. The Morgan fingerprint density at radius 3 is 1.82 bits per heavy atom. The third-order valence-electron chi connectivity index (χ3n) is 0.896. The van der Waals surface area contributed by atoms with Crippen LogP contribution in [-0.4, -0.2) is 18.5 Å². The van der Waals surface area contributed by atoms with Crippen molar-refractivity contribution in [1.29, 1.82) is 0 Å². The molecule has 4 nitrogen and oxygen atoms in total. The Hall–Kier alpha value is -1.58. The summed E-state index contributed by atoms with van der Waals surface area (Å²) in [6.45, 7) is 6.56. The Balaban J connectivity index is -0.000000500. The average Bonchev–Trinajstić information content (AvgIpc) is 2.04. The highest BCUT2D eigenvalue weighted by atomic mass is 16.2. The maximum absolute atomic E-state index is 10.5. The van der Waals surface area contributed by atoms with E-state index in [0.717, 1.165) is 12.2 Å². The van der Waals surface area contributed by atoms with Gasteiger partial charge in [0.25, 0.3) is 0 Å². The monoisotopic (exact) mass is 158 g/mol. The predicted molar refractivity (Wildman–Crippen MR) is 45.8 cm³/mol. The van der Waals surface area contributed by atoms with Crippen molar-refractivity contribution in [1.82, 2.24) is 10.6 Å². The standard InChI is InChI=1S/C7H10N2O2.2H2/c1-3-6(10)8-5-9-7(11)4-2;;/h3-4H,1-2,5H2,(H,8,10)(H,9,11);2*1H. The van der Waals surface area contributed by atoms with E-state index in [-0.39, 0.29) is 21.3 Å². The minimum absolute atomic E-state index is 0. The molecule has 0 rings (SSSR count). The van der Waals surface area contributed by atoms with Crippen molar-refractivity contribution in [3.63, 3.8) is 0 Å². The third kappa shape index (κ3) is 4.90. The van der Waals surface area contributed by atoms with Crippen LogP contribution in [-0.2, 0) is 9.59 Å². The summed E-state index contributed by atoms with van der Waals surface area (Å²) >= 11 is 0. The maximum atomic E-state index is 10.5. The second-order valence-corrected chi connectivity index (χ2v) is 1.67. The first-order valence-corrected chi connectivity index (χ1v) is 3.01. The van der Waals surface area contributed by atoms with Gasteiger partial charge in [-0.1, -0.05) is 13.2 Å². The molecule has 0 fully saturated rings. The topological polar surface area (TPSA) is 58.2 Å². The van der Waals surface area contributed by atoms with Gasteiger partial charge in [-0.3, -0.25) is 9.59 Å². The number of carbonyl (C=O) groups is 2. The molecular weight excluding hydrogens is 144 g/mol. The van der Waals surface area contributed by atoms with Crippen molar-refractivity contribution in [3.05, 3.63) is 25.3 Å². The Bertz CT molecular complexity index is 175. The number of carbonyl (C=O) groups excluding carboxylic acids is 2. The van der Waals surface area contributed by atoms with Gasteiger partial charge >= 0.3 is 0 Å². The summed E-state index contributed by atoms with van der Waals surface area (Å²) in [5.74, 6) is -0.649. The molecule has 0 heterocycles. The summed E-state index contributed by atoms with van der Waals surface area (Å²) in [6.07, 6.45) is 2.25. The Morgan fingerprint density at radius 1 is 1.18 bits per heavy atom. The van der Waals surface area contributed by atoms with E-state index in [9.17, 15) is 9.59 Å². The number of rotatable bonds is 4. The lowest BCUT2D eigenvalue weighted by Crippen LogP contribution is -2.35. The molecule has 0 aliphatic heterocycles. The van der Waals surface area contributed by atoms with E-state index in [2.05, 4.69) is 23.8 Å². The molecule has 0 aromatic carbocycles. The van der Waals surface area contributed by atoms with Crippen LogP contribution in [0.2, 0.25) is 0 Å². The van der Waals surface area contributed by atoms with Crippen LogP contribution in [0.15, 0.2) is 25.3 Å². The van der Waals surface area contributed by atoms with Gasteiger partial charge in [-0.15, -0.1) is 0 Å². The van der Waals surface area contributed by atoms with E-state index in [0.29, 0.717) is 0 Å². The van der Waals surface area contributed by atoms with E-state index >= 15 is 0 Å². The van der Waals surface area contributed by atoms with E-state index in [1.54, 1.807) is 0 Å². The van der Waals surface area contributed by atoms with Crippen LogP contribution < -0.4 is 10.6 Å². The fourth-order valence-electron chi connectivity index (χ4n) is 0.363. The predicted octanol–water partition coefficient (Wildman–Crippen LogP) is 0.0403. The second-order valence-electron chi connectivity index (χ2n) is 1.67. The molecule has 0 bridgehead atoms. The normalized spacial score (nSPS) is 8.00. The lowest BCUT2D eigenvalue weighted by molar-refractivity contribution is -0.118. The maximum Gasteiger partial charge on any atom is 0.244 e. The molecule has 4 heteroatoms. The lowest BCUT2D eigenvalue weighted by atomic mass is 10.5. The first-order chi connectivity index (χ1) is 5.20. The molecular formula is C7H14N2O2. The summed E-state index contributed by atoms with van der Waals surface area (Å²) in [7, 11) is 0. The van der Waals surface area contributed by atoms with Crippen molar-refractivity contribution in [2.45, 2.75) is 0 Å². The van der Waals surface area contributed by atoms with Gasteiger partial charge in [0.1, 0.15) is 0 Å². The van der Waals surface area contributed by atoms with Crippen LogP contribution in [0.4, 0.5) is 0 Å². The van der Waals surface area contributed by atoms with Gasteiger partial charge < -0.3 is 10.6 Å². The zero-order valence-electron chi connectivity index (χ0n) is 6.09. The van der Waals surface area contributed by atoms with Crippen molar-refractivity contribution in [2.24, 2.45) is 0 Å². The highest BCUT2D eigenvalue weighted by molar-refractivity contribution is 5.89. The molecule has 0 aliphatic rings. The van der Waals surface area contributed by atoms with Gasteiger partial charge in [-0.25, -0.2) is 0 Å². The smallest absolute Gasteiger partial charge is 0.244 e. The van der Waals surface area contributed by atoms with Crippen LogP contribution in [0.1, 0.15) is 2.85 Å². The van der Waals surface area contributed by atoms with E-state index in [1.165, 1.54) is 0 Å². The van der Waals surface area contributed by atoms with E-state index in [1.807, 2.05) is 0 Å². The second kappa shape index (κ2) is 5.22. The summed E-state index contributed by atoms with van der Waals surface area (Å²) in [5.41, 5.74) is 0. The molecule has 0 aromatic heterocycles. The molecule has 0 radical (unpaired) electrons. The SMILES string of the molecule is C=CC(=O)NCNC(=O)C=C.[HH].[HH]. The molecule has 11 heavy (non-hydrogen) atoms. The molecule has 0 aliphatic carbocycles. The number of nitrogens with one attached hydrogen (secondary N) is 2. The first kappa shape index (κ1) is 9.42. The van der Waals surface area contributed by atoms with Crippen LogP contribution >= 0.6 is 0 Å². The molecule has 0 saturated heterocycles. The Morgan fingerprint density at radius 2 is 1.55 bits per heavy atom. The summed E-state index contributed by atoms with van der Waals surface area (Å²) < 4.78 is 0. The minimum atomic E-state index is -0.325. The summed E-state index contributed by atoms with van der Waals surface area (Å²) in [4.78, 5) is 21.0. The van der Waals surface area contributed by atoms with E-state index in [4.69, 9.17) is 0 Å². The van der Waals surface area contributed by atoms with Gasteiger partial charge in [-0.2, -0.15) is 0 Å². The van der Waals surface area contributed by atoms with Crippen LogP contribution in [0.25, 0.3) is 0 Å². The molecule has 0 aromatic rings. The minimum Gasteiger partial charge on any atom is -0.335 e. The van der Waals surface area contributed by atoms with Crippen LogP contribution in [0.3, 0.4) is 0 Å². The Labute approximate surface area is 67.9 Å². The molecule has 0 saturated carbocycles. The largest absolute Gasteiger partial charge is 0.335 e. The number of amides is 2. The van der Waals surface area contributed by atoms with Gasteiger partial charge in [0, 0.05) is 2.85 Å². The van der Waals surface area contributed by atoms with E-state index < -0.39 is 0 Å². The highest BCUT2D eigenvalue weighted by Crippen LogP contribution is 1.65. The molecule has 2 N–H and O–H groups in total. The number of hydrogen-bond acceptors (Lipinski definition) is 2. The van der Waals surface area contributed by atoms with Crippen LogP contribution in [0.5, 0.6) is 0 Å². The zero-order chi connectivity index (χ0) is 8.69. The fourth-order valence-corrected chi connectivity index (χ4v) is 0.363. The molecule has 0 unspecified atom stereocenters. The van der Waals surface area contributed by atoms with Crippen molar-refractivity contribution >= 4 is 11.8 Å². The lowest BCUT2D eigenvalue weighted by Gasteiger charge is -2.01.